The van der Waals surface area contributed by atoms with Gasteiger partial charge >= 0.3 is 0 Å². The molecule has 0 bridgehead atoms. The molecule has 0 aromatic heterocycles. The fourth-order valence-corrected chi connectivity index (χ4v) is 2.88. The molecule has 4 heteroatoms. The Hall–Kier alpha value is -0.610. The first-order valence-electron chi connectivity index (χ1n) is 7.20. The van der Waals surface area contributed by atoms with Crippen LogP contribution in [0.25, 0.3) is 0 Å². The molecule has 2 aliphatic heterocycles. The van der Waals surface area contributed by atoms with Crippen LogP contribution in [-0.2, 0) is 9.53 Å². The van der Waals surface area contributed by atoms with E-state index in [-0.39, 0.29) is 12.1 Å². The first-order valence-corrected chi connectivity index (χ1v) is 7.20. The molecule has 2 fully saturated rings. The van der Waals surface area contributed by atoms with Gasteiger partial charge in [-0.3, -0.25) is 9.69 Å². The Morgan fingerprint density at radius 3 is 2.72 bits per heavy atom. The summed E-state index contributed by atoms with van der Waals surface area (Å²) in [6.45, 7) is 7.57. The highest BCUT2D eigenvalue weighted by Gasteiger charge is 2.33. The number of carbonyl (C=O) groups excluding carboxylic acids is 1. The lowest BCUT2D eigenvalue weighted by atomic mass is 10.00. The molecule has 2 rings (SSSR count). The van der Waals surface area contributed by atoms with E-state index in [0.717, 1.165) is 26.1 Å². The zero-order chi connectivity index (χ0) is 13.1. The Labute approximate surface area is 110 Å². The first kappa shape index (κ1) is 13.8. The molecule has 4 nitrogen and oxygen atoms in total. The van der Waals surface area contributed by atoms with E-state index in [9.17, 15) is 4.79 Å². The minimum Gasteiger partial charge on any atom is -0.374 e. The summed E-state index contributed by atoms with van der Waals surface area (Å²) < 4.78 is 5.73. The number of piperidine rings is 1. The average molecular weight is 254 g/mol. The van der Waals surface area contributed by atoms with Gasteiger partial charge in [-0.25, -0.2) is 0 Å². The van der Waals surface area contributed by atoms with Crippen molar-refractivity contribution in [1.29, 1.82) is 0 Å². The van der Waals surface area contributed by atoms with Crippen molar-refractivity contribution in [2.24, 2.45) is 5.92 Å². The summed E-state index contributed by atoms with van der Waals surface area (Å²) in [5.74, 6) is 0.788. The highest BCUT2D eigenvalue weighted by atomic mass is 16.5. The highest BCUT2D eigenvalue weighted by Crippen LogP contribution is 2.20. The van der Waals surface area contributed by atoms with Gasteiger partial charge in [-0.2, -0.15) is 0 Å². The van der Waals surface area contributed by atoms with E-state index < -0.39 is 0 Å². The minimum atomic E-state index is 0.102. The fraction of sp³-hybridized carbons (Fsp3) is 0.929. The molecule has 2 atom stereocenters. The maximum absolute atomic E-state index is 12.6. The number of hydrogen-bond donors (Lipinski definition) is 0. The number of carbonyl (C=O) groups is 1. The predicted molar refractivity (Wildman–Crippen MR) is 71.4 cm³/mol. The highest BCUT2D eigenvalue weighted by molar-refractivity contribution is 5.82. The number of likely N-dealkylation sites (N-methyl/N-ethyl adjacent to an activating group) is 1. The van der Waals surface area contributed by atoms with Crippen LogP contribution in [0, 0.1) is 5.92 Å². The van der Waals surface area contributed by atoms with Crippen molar-refractivity contribution in [3.63, 3.8) is 0 Å². The zero-order valence-electron chi connectivity index (χ0n) is 11.9. The number of likely N-dealkylation sites (tertiary alicyclic amines) is 1. The van der Waals surface area contributed by atoms with Crippen molar-refractivity contribution in [3.05, 3.63) is 0 Å². The second-order valence-corrected chi connectivity index (χ2v) is 5.93. The van der Waals surface area contributed by atoms with Crippen molar-refractivity contribution in [1.82, 2.24) is 9.80 Å². The standard InChI is InChI=1S/C14H26N2O2/c1-11(2)13-10-16(8-9-18-13)14(17)12-6-4-5-7-15(12)3/h11-13H,4-10H2,1-3H3. The van der Waals surface area contributed by atoms with Gasteiger partial charge in [-0.1, -0.05) is 20.3 Å². The van der Waals surface area contributed by atoms with Crippen molar-refractivity contribution in [3.8, 4) is 0 Å². The second-order valence-electron chi connectivity index (χ2n) is 5.93. The Morgan fingerprint density at radius 2 is 2.06 bits per heavy atom. The number of ether oxygens (including phenoxy) is 1. The van der Waals surface area contributed by atoms with Crippen LogP contribution in [0.4, 0.5) is 0 Å². The lowest BCUT2D eigenvalue weighted by Crippen LogP contribution is -2.54. The van der Waals surface area contributed by atoms with Gasteiger partial charge < -0.3 is 9.64 Å². The Bertz CT molecular complexity index is 294. The molecule has 0 spiro atoms. The summed E-state index contributed by atoms with van der Waals surface area (Å²) in [4.78, 5) is 16.8. The summed E-state index contributed by atoms with van der Waals surface area (Å²) in [5.41, 5.74) is 0. The molecule has 2 heterocycles. The monoisotopic (exact) mass is 254 g/mol. The summed E-state index contributed by atoms with van der Waals surface area (Å²) in [7, 11) is 2.07. The number of amides is 1. The van der Waals surface area contributed by atoms with E-state index in [1.54, 1.807) is 0 Å². The molecule has 18 heavy (non-hydrogen) atoms. The maximum Gasteiger partial charge on any atom is 0.240 e. The number of nitrogens with zero attached hydrogens (tertiary/aromatic N) is 2. The molecule has 104 valence electrons. The summed E-state index contributed by atoms with van der Waals surface area (Å²) >= 11 is 0. The van der Waals surface area contributed by atoms with Crippen LogP contribution in [0.5, 0.6) is 0 Å². The van der Waals surface area contributed by atoms with E-state index in [1.165, 1.54) is 12.8 Å². The zero-order valence-corrected chi connectivity index (χ0v) is 11.9. The summed E-state index contributed by atoms with van der Waals surface area (Å²) in [5, 5.41) is 0. The topological polar surface area (TPSA) is 32.8 Å². The van der Waals surface area contributed by atoms with E-state index in [1.807, 2.05) is 4.90 Å². The van der Waals surface area contributed by atoms with E-state index in [2.05, 4.69) is 25.8 Å². The van der Waals surface area contributed by atoms with Crippen LogP contribution in [0.3, 0.4) is 0 Å². The lowest BCUT2D eigenvalue weighted by molar-refractivity contribution is -0.146. The second kappa shape index (κ2) is 6.02. The Morgan fingerprint density at radius 1 is 1.28 bits per heavy atom. The van der Waals surface area contributed by atoms with Gasteiger partial charge in [0.15, 0.2) is 0 Å². The van der Waals surface area contributed by atoms with Gasteiger partial charge in [-0.05, 0) is 32.4 Å². The molecule has 2 aliphatic rings. The third-order valence-electron chi connectivity index (χ3n) is 4.20. The van der Waals surface area contributed by atoms with Crippen LogP contribution < -0.4 is 0 Å². The third kappa shape index (κ3) is 3.04. The molecule has 0 radical (unpaired) electrons. The van der Waals surface area contributed by atoms with E-state index >= 15 is 0 Å². The van der Waals surface area contributed by atoms with Gasteiger partial charge in [-0.15, -0.1) is 0 Å². The van der Waals surface area contributed by atoms with Crippen molar-refractivity contribution in [2.75, 3.05) is 33.3 Å². The molecule has 0 saturated carbocycles. The van der Waals surface area contributed by atoms with Crippen molar-refractivity contribution < 1.29 is 9.53 Å². The first-order chi connectivity index (χ1) is 8.59. The normalized spacial score (nSPS) is 30.8. The van der Waals surface area contributed by atoms with Crippen LogP contribution in [0.2, 0.25) is 0 Å². The van der Waals surface area contributed by atoms with Crippen LogP contribution in [0.1, 0.15) is 33.1 Å². The smallest absolute Gasteiger partial charge is 0.240 e. The average Bonchev–Trinajstić information content (AvgIpc) is 2.38. The molecule has 2 unspecified atom stereocenters. The maximum atomic E-state index is 12.6. The molecule has 0 aliphatic carbocycles. The summed E-state index contributed by atoms with van der Waals surface area (Å²) in [6.07, 6.45) is 3.62. The fourth-order valence-electron chi connectivity index (χ4n) is 2.88. The van der Waals surface area contributed by atoms with Gasteiger partial charge in [0.05, 0.1) is 18.8 Å². The van der Waals surface area contributed by atoms with Crippen molar-refractivity contribution >= 4 is 5.91 Å². The molecule has 2 saturated heterocycles. The molecule has 1 amide bonds. The largest absolute Gasteiger partial charge is 0.374 e. The molecular weight excluding hydrogens is 228 g/mol. The Kier molecular flexibility index (Phi) is 4.62. The minimum absolute atomic E-state index is 0.102. The van der Waals surface area contributed by atoms with Gasteiger partial charge in [0.1, 0.15) is 0 Å². The molecule has 0 N–H and O–H groups in total. The number of morpholine rings is 1. The van der Waals surface area contributed by atoms with E-state index in [0.29, 0.717) is 18.4 Å². The third-order valence-corrected chi connectivity index (χ3v) is 4.20. The lowest BCUT2D eigenvalue weighted by Gasteiger charge is -2.39. The van der Waals surface area contributed by atoms with Crippen LogP contribution >= 0.6 is 0 Å². The van der Waals surface area contributed by atoms with E-state index in [4.69, 9.17) is 4.74 Å². The Balaban J connectivity index is 1.95. The molecule has 0 aromatic rings. The van der Waals surface area contributed by atoms with Crippen molar-refractivity contribution in [2.45, 2.75) is 45.3 Å². The van der Waals surface area contributed by atoms with Gasteiger partial charge in [0.2, 0.25) is 5.91 Å². The van der Waals surface area contributed by atoms with Gasteiger partial charge in [0.25, 0.3) is 0 Å². The van der Waals surface area contributed by atoms with Crippen LogP contribution in [0.15, 0.2) is 0 Å². The SMILES string of the molecule is CC(C)C1CN(C(=O)C2CCCCN2C)CCO1. The number of hydrogen-bond acceptors (Lipinski definition) is 3. The summed E-state index contributed by atoms with van der Waals surface area (Å²) in [6, 6.07) is 0.102. The predicted octanol–water partition coefficient (Wildman–Crippen LogP) is 1.35. The quantitative estimate of drug-likeness (QED) is 0.746. The molecule has 0 aromatic carbocycles. The van der Waals surface area contributed by atoms with Crippen LogP contribution in [-0.4, -0.2) is 61.1 Å². The number of rotatable bonds is 2. The molecular formula is C14H26N2O2. The van der Waals surface area contributed by atoms with Gasteiger partial charge in [0, 0.05) is 13.1 Å².